The Hall–Kier alpha value is -2.46. The first-order chi connectivity index (χ1) is 10.1. The zero-order valence-corrected chi connectivity index (χ0v) is 12.0. The summed E-state index contributed by atoms with van der Waals surface area (Å²) >= 11 is 5.38. The fourth-order valence-electron chi connectivity index (χ4n) is 2.27. The van der Waals surface area contributed by atoms with Crippen LogP contribution in [-0.2, 0) is 0 Å². The maximum atomic E-state index is 13.7. The van der Waals surface area contributed by atoms with E-state index < -0.39 is 0 Å². The van der Waals surface area contributed by atoms with Crippen molar-refractivity contribution in [1.82, 2.24) is 0 Å². The molecule has 0 bridgehead atoms. The Morgan fingerprint density at radius 1 is 1.00 bits per heavy atom. The summed E-state index contributed by atoms with van der Waals surface area (Å²) in [4.78, 5) is 0.476. The highest BCUT2D eigenvalue weighted by Gasteiger charge is 2.09. The van der Waals surface area contributed by atoms with Crippen molar-refractivity contribution in [2.45, 2.75) is 0 Å². The van der Waals surface area contributed by atoms with Crippen molar-refractivity contribution in [2.75, 3.05) is 11.1 Å². The van der Waals surface area contributed by atoms with E-state index in [0.29, 0.717) is 16.4 Å². The van der Waals surface area contributed by atoms with Crippen molar-refractivity contribution >= 4 is 39.4 Å². The van der Waals surface area contributed by atoms with Crippen LogP contribution >= 0.6 is 12.2 Å². The first-order valence-corrected chi connectivity index (χ1v) is 6.90. The molecule has 3 rings (SSSR count). The minimum atomic E-state index is -0.306. The molecule has 0 saturated carbocycles. The number of hydrogen-bond acceptors (Lipinski definition) is 2. The molecule has 0 aliphatic rings. The van der Waals surface area contributed by atoms with E-state index in [-0.39, 0.29) is 5.82 Å². The Labute approximate surface area is 127 Å². The number of benzene rings is 3. The third kappa shape index (κ3) is 2.71. The molecule has 4 heteroatoms. The van der Waals surface area contributed by atoms with Gasteiger partial charge in [-0.15, -0.1) is 0 Å². The third-order valence-corrected chi connectivity index (χ3v) is 3.60. The lowest BCUT2D eigenvalue weighted by atomic mass is 10.1. The summed E-state index contributed by atoms with van der Waals surface area (Å²) in [6.07, 6.45) is 0. The molecule has 0 aliphatic heterocycles. The number of anilines is 2. The molecule has 0 atom stereocenters. The molecule has 2 nitrogen and oxygen atoms in total. The van der Waals surface area contributed by atoms with E-state index in [9.17, 15) is 4.39 Å². The lowest BCUT2D eigenvalue weighted by Gasteiger charge is -2.12. The summed E-state index contributed by atoms with van der Waals surface area (Å²) in [5.41, 5.74) is 7.88. The highest BCUT2D eigenvalue weighted by molar-refractivity contribution is 7.81. The largest absolute Gasteiger partial charge is 0.398 e. The highest BCUT2D eigenvalue weighted by Crippen LogP contribution is 2.26. The number of thiocarbonyl (C=S) groups is 1. The summed E-state index contributed by atoms with van der Waals surface area (Å²) in [6.45, 7) is 0. The van der Waals surface area contributed by atoms with Gasteiger partial charge in [0.15, 0.2) is 0 Å². The lowest BCUT2D eigenvalue weighted by molar-refractivity contribution is 0.630. The second-order valence-corrected chi connectivity index (χ2v) is 5.12. The van der Waals surface area contributed by atoms with Gasteiger partial charge in [0, 0.05) is 22.3 Å². The van der Waals surface area contributed by atoms with Gasteiger partial charge in [0.2, 0.25) is 0 Å². The van der Waals surface area contributed by atoms with Crippen molar-refractivity contribution in [3.63, 3.8) is 0 Å². The highest BCUT2D eigenvalue weighted by atomic mass is 32.1. The Morgan fingerprint density at radius 3 is 2.52 bits per heavy atom. The summed E-state index contributed by atoms with van der Waals surface area (Å²) in [5.74, 6) is -0.306. The second kappa shape index (κ2) is 5.50. The van der Waals surface area contributed by atoms with Crippen molar-refractivity contribution in [3.05, 3.63) is 72.0 Å². The maximum Gasteiger partial charge on any atom is 0.125 e. The minimum absolute atomic E-state index is 0.306. The Balaban J connectivity index is 2.02. The Bertz CT molecular complexity index is 830. The van der Waals surface area contributed by atoms with Crippen LogP contribution in [0.2, 0.25) is 0 Å². The van der Waals surface area contributed by atoms with Crippen LogP contribution in [-0.4, -0.2) is 4.99 Å². The molecule has 3 N–H and O–H groups in total. The number of nitrogens with two attached hydrogens (primary N) is 1. The van der Waals surface area contributed by atoms with Crippen LogP contribution in [0.25, 0.3) is 10.8 Å². The van der Waals surface area contributed by atoms with Crippen LogP contribution in [0.15, 0.2) is 60.7 Å². The summed E-state index contributed by atoms with van der Waals surface area (Å²) in [7, 11) is 0. The normalized spacial score (nSPS) is 10.5. The average molecular weight is 296 g/mol. The van der Waals surface area contributed by atoms with Gasteiger partial charge in [-0.05, 0) is 29.7 Å². The molecule has 0 unspecified atom stereocenters. The lowest BCUT2D eigenvalue weighted by Crippen LogP contribution is -2.13. The van der Waals surface area contributed by atoms with Crippen molar-refractivity contribution in [1.29, 1.82) is 0 Å². The third-order valence-electron chi connectivity index (χ3n) is 3.28. The predicted octanol–water partition coefficient (Wildman–Crippen LogP) is 4.35. The minimum Gasteiger partial charge on any atom is -0.398 e. The van der Waals surface area contributed by atoms with Crippen LogP contribution in [0.3, 0.4) is 0 Å². The van der Waals surface area contributed by atoms with Crippen molar-refractivity contribution in [3.8, 4) is 0 Å². The molecule has 0 radical (unpaired) electrons. The van der Waals surface area contributed by atoms with Crippen molar-refractivity contribution < 1.29 is 4.39 Å². The quantitative estimate of drug-likeness (QED) is 0.545. The van der Waals surface area contributed by atoms with E-state index in [2.05, 4.69) is 5.32 Å². The Morgan fingerprint density at radius 2 is 1.71 bits per heavy atom. The van der Waals surface area contributed by atoms with Gasteiger partial charge in [-0.3, -0.25) is 0 Å². The molecule has 0 heterocycles. The molecule has 0 fully saturated rings. The van der Waals surface area contributed by atoms with E-state index in [1.807, 2.05) is 42.5 Å². The molecule has 3 aromatic rings. The van der Waals surface area contributed by atoms with Crippen LogP contribution in [0.4, 0.5) is 15.8 Å². The summed E-state index contributed by atoms with van der Waals surface area (Å²) in [5, 5.41) is 4.83. The van der Waals surface area contributed by atoms with E-state index in [1.165, 1.54) is 12.1 Å². The number of hydrogen-bond donors (Lipinski definition) is 2. The van der Waals surface area contributed by atoms with Crippen LogP contribution < -0.4 is 11.1 Å². The van der Waals surface area contributed by atoms with Gasteiger partial charge in [0.25, 0.3) is 0 Å². The monoisotopic (exact) mass is 296 g/mol. The predicted molar refractivity (Wildman–Crippen MR) is 90.1 cm³/mol. The average Bonchev–Trinajstić information content (AvgIpc) is 2.47. The Kier molecular flexibility index (Phi) is 3.54. The number of nitrogen functional groups attached to an aromatic ring is 1. The van der Waals surface area contributed by atoms with Crippen LogP contribution in [0.1, 0.15) is 5.56 Å². The van der Waals surface area contributed by atoms with E-state index >= 15 is 0 Å². The fourth-order valence-corrected chi connectivity index (χ4v) is 2.57. The number of rotatable bonds is 2. The number of halogens is 1. The molecule has 3 aromatic carbocycles. The molecule has 0 aliphatic carbocycles. The number of fused-ring (bicyclic) bond motifs is 1. The van der Waals surface area contributed by atoms with Gasteiger partial charge >= 0.3 is 0 Å². The number of para-hydroxylation sites is 1. The molecule has 0 spiro atoms. The van der Waals surface area contributed by atoms with Gasteiger partial charge in [-0.25, -0.2) is 4.39 Å². The molecular weight excluding hydrogens is 283 g/mol. The zero-order chi connectivity index (χ0) is 14.8. The molecule has 0 amide bonds. The molecule has 104 valence electrons. The van der Waals surface area contributed by atoms with Gasteiger partial charge in [0.1, 0.15) is 10.8 Å². The summed E-state index contributed by atoms with van der Waals surface area (Å²) < 4.78 is 13.7. The molecule has 21 heavy (non-hydrogen) atoms. The number of nitrogens with one attached hydrogen (secondary N) is 1. The molecule has 0 aromatic heterocycles. The van der Waals surface area contributed by atoms with Crippen LogP contribution in [0.5, 0.6) is 0 Å². The fraction of sp³-hybridized carbons (Fsp3) is 0. The summed E-state index contributed by atoms with van der Waals surface area (Å²) in [6, 6.07) is 17.8. The first-order valence-electron chi connectivity index (χ1n) is 6.49. The first kappa shape index (κ1) is 13.5. The molecular formula is C17H13FN2S. The van der Waals surface area contributed by atoms with E-state index in [4.69, 9.17) is 18.0 Å². The van der Waals surface area contributed by atoms with E-state index in [0.717, 1.165) is 16.3 Å². The van der Waals surface area contributed by atoms with E-state index in [1.54, 1.807) is 6.07 Å². The molecule has 0 saturated heterocycles. The zero-order valence-electron chi connectivity index (χ0n) is 11.1. The van der Waals surface area contributed by atoms with Gasteiger partial charge in [-0.2, -0.15) is 0 Å². The topological polar surface area (TPSA) is 38.0 Å². The maximum absolute atomic E-state index is 13.7. The van der Waals surface area contributed by atoms with Crippen LogP contribution in [0, 0.1) is 5.82 Å². The smallest absolute Gasteiger partial charge is 0.125 e. The van der Waals surface area contributed by atoms with Crippen molar-refractivity contribution in [2.24, 2.45) is 0 Å². The van der Waals surface area contributed by atoms with Gasteiger partial charge in [0.05, 0.1) is 0 Å². The SMILES string of the molecule is Nc1ccccc1C(=S)Nc1cc(F)cc2ccccc12. The van der Waals surface area contributed by atoms with Gasteiger partial charge < -0.3 is 11.1 Å². The second-order valence-electron chi connectivity index (χ2n) is 4.72. The standard InChI is InChI=1S/C17H13FN2S/c18-12-9-11-5-1-2-6-13(11)16(10-12)20-17(21)14-7-3-4-8-15(14)19/h1-10H,19H2,(H,20,21). The van der Waals surface area contributed by atoms with Gasteiger partial charge in [-0.1, -0.05) is 48.6 Å².